The van der Waals surface area contributed by atoms with E-state index in [1.165, 1.54) is 0 Å². The van der Waals surface area contributed by atoms with Crippen LogP contribution in [-0.2, 0) is 9.53 Å². The standard InChI is InChI=1S/C6H10O5/c7-1-3(8)6-5(10)4(9)2-11-6/h4-7,9-10H,1-2H2. The first-order valence-corrected chi connectivity index (χ1v) is 3.28. The average molecular weight is 162 g/mol. The van der Waals surface area contributed by atoms with Gasteiger partial charge in [-0.25, -0.2) is 0 Å². The molecule has 0 saturated carbocycles. The highest BCUT2D eigenvalue weighted by molar-refractivity contribution is 5.85. The van der Waals surface area contributed by atoms with E-state index in [1.807, 2.05) is 0 Å². The van der Waals surface area contributed by atoms with Gasteiger partial charge in [-0.05, 0) is 0 Å². The van der Waals surface area contributed by atoms with Crippen LogP contribution in [0.3, 0.4) is 0 Å². The Balaban J connectivity index is 2.54. The second kappa shape index (κ2) is 3.27. The van der Waals surface area contributed by atoms with Gasteiger partial charge in [0, 0.05) is 0 Å². The van der Waals surface area contributed by atoms with Crippen molar-refractivity contribution in [2.45, 2.75) is 18.3 Å². The molecule has 0 bridgehead atoms. The van der Waals surface area contributed by atoms with Gasteiger partial charge in [0.1, 0.15) is 24.9 Å². The van der Waals surface area contributed by atoms with Crippen molar-refractivity contribution in [3.63, 3.8) is 0 Å². The van der Waals surface area contributed by atoms with Gasteiger partial charge in [-0.3, -0.25) is 4.79 Å². The number of aliphatic hydroxyl groups excluding tert-OH is 3. The largest absolute Gasteiger partial charge is 0.388 e. The molecule has 5 heteroatoms. The van der Waals surface area contributed by atoms with Crippen molar-refractivity contribution in [2.24, 2.45) is 0 Å². The number of ketones is 1. The van der Waals surface area contributed by atoms with Gasteiger partial charge in [0.2, 0.25) is 0 Å². The monoisotopic (exact) mass is 162 g/mol. The Morgan fingerprint density at radius 1 is 1.55 bits per heavy atom. The van der Waals surface area contributed by atoms with Crippen LogP contribution in [0.2, 0.25) is 0 Å². The van der Waals surface area contributed by atoms with Crippen LogP contribution >= 0.6 is 0 Å². The number of ether oxygens (including phenoxy) is 1. The molecule has 11 heavy (non-hydrogen) atoms. The third-order valence-corrected chi connectivity index (χ3v) is 1.62. The average Bonchev–Trinajstić information content (AvgIpc) is 2.32. The lowest BCUT2D eigenvalue weighted by atomic mass is 10.1. The lowest BCUT2D eigenvalue weighted by Crippen LogP contribution is -2.37. The number of aliphatic hydroxyl groups is 3. The molecule has 0 aromatic carbocycles. The molecular formula is C6H10O5. The number of carbonyl (C=O) groups is 1. The summed E-state index contributed by atoms with van der Waals surface area (Å²) in [6, 6.07) is 0. The second-order valence-corrected chi connectivity index (χ2v) is 2.44. The maximum atomic E-state index is 10.7. The molecule has 0 amide bonds. The molecule has 1 aliphatic rings. The molecule has 1 saturated heterocycles. The van der Waals surface area contributed by atoms with Crippen molar-refractivity contribution in [3.8, 4) is 0 Å². The van der Waals surface area contributed by atoms with Crippen molar-refractivity contribution in [3.05, 3.63) is 0 Å². The maximum absolute atomic E-state index is 10.7. The van der Waals surface area contributed by atoms with E-state index in [4.69, 9.17) is 20.1 Å². The van der Waals surface area contributed by atoms with E-state index in [9.17, 15) is 4.79 Å². The quantitative estimate of drug-likeness (QED) is 0.424. The van der Waals surface area contributed by atoms with E-state index < -0.39 is 30.7 Å². The number of carbonyl (C=O) groups excluding carboxylic acids is 1. The van der Waals surface area contributed by atoms with Gasteiger partial charge in [-0.15, -0.1) is 0 Å². The lowest BCUT2D eigenvalue weighted by molar-refractivity contribution is -0.134. The Bertz CT molecular complexity index is 157. The lowest BCUT2D eigenvalue weighted by Gasteiger charge is -2.11. The van der Waals surface area contributed by atoms with Crippen LogP contribution in [0.4, 0.5) is 0 Å². The van der Waals surface area contributed by atoms with Gasteiger partial charge in [0.05, 0.1) is 6.61 Å². The van der Waals surface area contributed by atoms with Crippen molar-refractivity contribution >= 4 is 5.78 Å². The molecule has 3 atom stereocenters. The first-order chi connectivity index (χ1) is 5.16. The molecule has 3 unspecified atom stereocenters. The zero-order valence-corrected chi connectivity index (χ0v) is 5.80. The minimum absolute atomic E-state index is 0.0580. The minimum Gasteiger partial charge on any atom is -0.388 e. The fourth-order valence-electron chi connectivity index (χ4n) is 0.975. The van der Waals surface area contributed by atoms with E-state index in [2.05, 4.69) is 0 Å². The summed E-state index contributed by atoms with van der Waals surface area (Å²) in [7, 11) is 0. The van der Waals surface area contributed by atoms with E-state index in [0.29, 0.717) is 0 Å². The summed E-state index contributed by atoms with van der Waals surface area (Å²) in [5, 5.41) is 26.3. The predicted octanol–water partition coefficient (Wildman–Crippen LogP) is -2.33. The topological polar surface area (TPSA) is 87.0 Å². The van der Waals surface area contributed by atoms with Crippen molar-refractivity contribution in [2.75, 3.05) is 13.2 Å². The molecule has 1 fully saturated rings. The van der Waals surface area contributed by atoms with Crippen LogP contribution in [0.1, 0.15) is 0 Å². The third kappa shape index (κ3) is 1.57. The van der Waals surface area contributed by atoms with Crippen LogP contribution in [0, 0.1) is 0 Å². The van der Waals surface area contributed by atoms with E-state index in [1.54, 1.807) is 0 Å². The van der Waals surface area contributed by atoms with Crippen LogP contribution in [-0.4, -0.2) is 52.6 Å². The van der Waals surface area contributed by atoms with Gasteiger partial charge in [-0.1, -0.05) is 0 Å². The van der Waals surface area contributed by atoms with Crippen LogP contribution in [0.15, 0.2) is 0 Å². The minimum atomic E-state index is -1.20. The van der Waals surface area contributed by atoms with Gasteiger partial charge in [0.15, 0.2) is 5.78 Å². The predicted molar refractivity (Wildman–Crippen MR) is 33.8 cm³/mol. The van der Waals surface area contributed by atoms with Crippen LogP contribution in [0.25, 0.3) is 0 Å². The Kier molecular flexibility index (Phi) is 2.56. The summed E-state index contributed by atoms with van der Waals surface area (Å²) in [6.07, 6.45) is -3.28. The molecule has 0 aliphatic carbocycles. The van der Waals surface area contributed by atoms with Crippen molar-refractivity contribution in [1.29, 1.82) is 0 Å². The molecule has 1 rings (SSSR count). The molecule has 1 heterocycles. The van der Waals surface area contributed by atoms with E-state index in [-0.39, 0.29) is 6.61 Å². The summed E-state index contributed by atoms with van der Waals surface area (Å²) in [5.74, 6) is -0.603. The Labute approximate surface area is 63.2 Å². The molecule has 64 valence electrons. The Morgan fingerprint density at radius 2 is 2.18 bits per heavy atom. The number of rotatable bonds is 2. The SMILES string of the molecule is O=C(CO)C1OCC(O)C1O. The van der Waals surface area contributed by atoms with E-state index in [0.717, 1.165) is 0 Å². The van der Waals surface area contributed by atoms with Crippen LogP contribution in [0.5, 0.6) is 0 Å². The third-order valence-electron chi connectivity index (χ3n) is 1.62. The first kappa shape index (κ1) is 8.61. The zero-order valence-electron chi connectivity index (χ0n) is 5.80. The highest BCUT2D eigenvalue weighted by Gasteiger charge is 2.38. The normalized spacial score (nSPS) is 37.5. The highest BCUT2D eigenvalue weighted by atomic mass is 16.5. The number of hydrogen-bond donors (Lipinski definition) is 3. The summed E-state index contributed by atoms with van der Waals surface area (Å²) >= 11 is 0. The van der Waals surface area contributed by atoms with Crippen molar-refractivity contribution < 1.29 is 24.9 Å². The van der Waals surface area contributed by atoms with Gasteiger partial charge >= 0.3 is 0 Å². The van der Waals surface area contributed by atoms with Gasteiger partial charge in [0.25, 0.3) is 0 Å². The molecule has 5 nitrogen and oxygen atoms in total. The molecule has 0 aromatic heterocycles. The molecule has 0 spiro atoms. The maximum Gasteiger partial charge on any atom is 0.189 e. The summed E-state index contributed by atoms with van der Waals surface area (Å²) < 4.78 is 4.72. The molecule has 0 radical (unpaired) electrons. The smallest absolute Gasteiger partial charge is 0.189 e. The fourth-order valence-corrected chi connectivity index (χ4v) is 0.975. The Morgan fingerprint density at radius 3 is 2.55 bits per heavy atom. The fraction of sp³-hybridized carbons (Fsp3) is 0.833. The zero-order chi connectivity index (χ0) is 8.43. The highest BCUT2D eigenvalue weighted by Crippen LogP contribution is 2.14. The summed E-state index contributed by atoms with van der Waals surface area (Å²) in [5.41, 5.74) is 0. The Hall–Kier alpha value is -0.490. The second-order valence-electron chi connectivity index (χ2n) is 2.44. The first-order valence-electron chi connectivity index (χ1n) is 3.28. The molecular weight excluding hydrogens is 152 g/mol. The molecule has 0 aromatic rings. The van der Waals surface area contributed by atoms with Crippen molar-refractivity contribution in [1.82, 2.24) is 0 Å². The van der Waals surface area contributed by atoms with Gasteiger partial charge in [-0.2, -0.15) is 0 Å². The number of hydrogen-bond acceptors (Lipinski definition) is 5. The summed E-state index contributed by atoms with van der Waals surface area (Å²) in [6.45, 7) is -0.730. The van der Waals surface area contributed by atoms with Crippen LogP contribution < -0.4 is 0 Å². The number of Topliss-reactive ketones (excluding diaryl/α,β-unsaturated/α-hetero) is 1. The van der Waals surface area contributed by atoms with Gasteiger partial charge < -0.3 is 20.1 Å². The van der Waals surface area contributed by atoms with E-state index >= 15 is 0 Å². The molecule has 3 N–H and O–H groups in total. The summed E-state index contributed by atoms with van der Waals surface area (Å²) in [4.78, 5) is 10.7. The molecule has 1 aliphatic heterocycles.